The first kappa shape index (κ1) is 28.6. The van der Waals surface area contributed by atoms with Gasteiger partial charge in [-0.1, -0.05) is 11.6 Å². The zero-order chi connectivity index (χ0) is 25.8. The van der Waals surface area contributed by atoms with Gasteiger partial charge in [-0.3, -0.25) is 4.52 Å². The van der Waals surface area contributed by atoms with Gasteiger partial charge in [0.2, 0.25) is 13.6 Å². The molecule has 2 rings (SSSR count). The zero-order valence-corrected chi connectivity index (χ0v) is 21.6. The molecule has 0 N–H and O–H groups in total. The molecule has 0 atom stereocenters. The Bertz CT molecular complexity index is 995. The van der Waals surface area contributed by atoms with Gasteiger partial charge < -0.3 is 28.4 Å². The van der Waals surface area contributed by atoms with E-state index in [0.29, 0.717) is 0 Å². The molecule has 13 heteroatoms. The lowest BCUT2D eigenvalue weighted by molar-refractivity contribution is -0.0410. The number of aromatic nitrogens is 1. The Morgan fingerprint density at radius 1 is 0.943 bits per heavy atom. The normalized spacial score (nSPS) is 11.6. The van der Waals surface area contributed by atoms with Crippen LogP contribution in [0.3, 0.4) is 0 Å². The molecule has 0 saturated heterocycles. The first-order chi connectivity index (χ1) is 16.7. The maximum absolute atomic E-state index is 13.1. The van der Waals surface area contributed by atoms with Crippen LogP contribution in [-0.4, -0.2) is 69.2 Å². The van der Waals surface area contributed by atoms with Crippen LogP contribution >= 0.6 is 7.82 Å². The topological polar surface area (TPSA) is 124 Å². The number of benzene rings is 1. The smallest absolute Gasteiger partial charge is 0.435 e. The fourth-order valence-corrected chi connectivity index (χ4v) is 3.83. The lowest BCUT2D eigenvalue weighted by Crippen LogP contribution is -2.15. The number of hydrogen-bond donors (Lipinski definition) is 0. The van der Waals surface area contributed by atoms with Gasteiger partial charge in [0.15, 0.2) is 0 Å². The lowest BCUT2D eigenvalue weighted by atomic mass is 10.1. The highest BCUT2D eigenvalue weighted by Gasteiger charge is 2.29. The molecule has 1 aromatic heterocycles. The van der Waals surface area contributed by atoms with E-state index in [9.17, 15) is 14.2 Å². The Kier molecular flexibility index (Phi) is 11.5. The van der Waals surface area contributed by atoms with E-state index in [-0.39, 0.29) is 19.9 Å². The van der Waals surface area contributed by atoms with Gasteiger partial charge in [0.25, 0.3) is 0 Å². The Morgan fingerprint density at radius 3 is 2.09 bits per heavy atom. The molecule has 1 heterocycles. The standard InChI is InChI=1S/C22H33N2O10P/c1-6-28-21(25)30-15-33-35(27,34-16-31-22(26)29-7-2)32-14-24-13-18(10-11-23(4)5)19-12-17(3)8-9-20(19)24/h8-9,12-13H,6-7,10-11,14-16H2,1-5H3. The number of carbonyl (C=O) groups excluding carboxylic acids is 2. The molecule has 0 unspecified atom stereocenters. The van der Waals surface area contributed by atoms with Crippen molar-refractivity contribution in [3.63, 3.8) is 0 Å². The van der Waals surface area contributed by atoms with Crippen LogP contribution in [0.1, 0.15) is 25.0 Å². The number of ether oxygens (including phenoxy) is 4. The average Bonchev–Trinajstić information content (AvgIpc) is 3.13. The van der Waals surface area contributed by atoms with Crippen molar-refractivity contribution in [3.05, 3.63) is 35.5 Å². The molecule has 0 aliphatic heterocycles. The van der Waals surface area contributed by atoms with E-state index in [1.807, 2.05) is 39.3 Å². The third-order valence-electron chi connectivity index (χ3n) is 4.60. The first-order valence-electron chi connectivity index (χ1n) is 11.0. The van der Waals surface area contributed by atoms with Crippen LogP contribution in [0.4, 0.5) is 9.59 Å². The summed E-state index contributed by atoms with van der Waals surface area (Å²) in [6, 6.07) is 5.97. The van der Waals surface area contributed by atoms with E-state index in [1.165, 1.54) is 0 Å². The second kappa shape index (κ2) is 14.1. The van der Waals surface area contributed by atoms with Crippen molar-refractivity contribution < 1.29 is 46.7 Å². The number of phosphoric acid groups is 1. The van der Waals surface area contributed by atoms with Gasteiger partial charge in [-0.05, 0) is 59.0 Å². The van der Waals surface area contributed by atoms with Crippen LogP contribution in [0.2, 0.25) is 0 Å². The number of rotatable bonds is 14. The largest absolute Gasteiger partial charge is 0.510 e. The molecule has 1 aromatic carbocycles. The van der Waals surface area contributed by atoms with Crippen LogP contribution in [0.5, 0.6) is 0 Å². The van der Waals surface area contributed by atoms with Crippen LogP contribution < -0.4 is 0 Å². The Balaban J connectivity index is 2.14. The number of aryl methyl sites for hydroxylation is 1. The van der Waals surface area contributed by atoms with Crippen LogP contribution in [0.25, 0.3) is 10.9 Å². The first-order valence-corrected chi connectivity index (χ1v) is 12.5. The molecule has 0 radical (unpaired) electrons. The molecular weight excluding hydrogens is 483 g/mol. The van der Waals surface area contributed by atoms with E-state index < -0.39 is 33.7 Å². The lowest BCUT2D eigenvalue weighted by Gasteiger charge is -2.18. The van der Waals surface area contributed by atoms with Gasteiger partial charge in [0.1, 0.15) is 6.73 Å². The fourth-order valence-electron chi connectivity index (χ4n) is 2.98. The number of nitrogens with zero attached hydrogens (tertiary/aromatic N) is 2. The summed E-state index contributed by atoms with van der Waals surface area (Å²) >= 11 is 0. The second-order valence-corrected chi connectivity index (χ2v) is 9.22. The fraction of sp³-hybridized carbons (Fsp3) is 0.545. The van der Waals surface area contributed by atoms with Crippen molar-refractivity contribution >= 4 is 31.0 Å². The van der Waals surface area contributed by atoms with Crippen LogP contribution in [0.15, 0.2) is 24.4 Å². The van der Waals surface area contributed by atoms with Gasteiger partial charge in [-0.15, -0.1) is 0 Å². The molecule has 0 spiro atoms. The van der Waals surface area contributed by atoms with Crippen molar-refractivity contribution in [3.8, 4) is 0 Å². The molecule has 0 amide bonds. The minimum Gasteiger partial charge on any atom is -0.435 e. The number of hydrogen-bond acceptors (Lipinski definition) is 11. The number of phosphoric ester groups is 1. The van der Waals surface area contributed by atoms with Gasteiger partial charge >= 0.3 is 20.1 Å². The molecule has 0 aliphatic rings. The van der Waals surface area contributed by atoms with Crippen molar-refractivity contribution in [2.24, 2.45) is 0 Å². The van der Waals surface area contributed by atoms with Gasteiger partial charge in [0, 0.05) is 18.1 Å². The quantitative estimate of drug-likeness (QED) is 0.201. The minimum atomic E-state index is -4.34. The SMILES string of the molecule is CCOC(=O)OCOP(=O)(OCOC(=O)OCC)OCn1cc(CCN(C)C)c2cc(C)ccc21. The summed E-state index contributed by atoms with van der Waals surface area (Å²) in [4.78, 5) is 24.8. The highest BCUT2D eigenvalue weighted by Crippen LogP contribution is 2.50. The predicted octanol–water partition coefficient (Wildman–Crippen LogP) is 4.43. The number of fused-ring (bicyclic) bond motifs is 1. The summed E-state index contributed by atoms with van der Waals surface area (Å²) in [7, 11) is -0.349. The van der Waals surface area contributed by atoms with Gasteiger partial charge in [-0.2, -0.15) is 0 Å². The van der Waals surface area contributed by atoms with Crippen molar-refractivity contribution in [1.82, 2.24) is 9.47 Å². The zero-order valence-electron chi connectivity index (χ0n) is 20.7. The highest BCUT2D eigenvalue weighted by atomic mass is 31.2. The third kappa shape index (κ3) is 9.50. The predicted molar refractivity (Wildman–Crippen MR) is 126 cm³/mol. The summed E-state index contributed by atoms with van der Waals surface area (Å²) in [6.45, 7) is 4.48. The maximum atomic E-state index is 13.1. The van der Waals surface area contributed by atoms with E-state index >= 15 is 0 Å². The number of likely N-dealkylation sites (N-methyl/N-ethyl adjacent to an activating group) is 1. The maximum Gasteiger partial charge on any atom is 0.510 e. The summed E-state index contributed by atoms with van der Waals surface area (Å²) in [5.41, 5.74) is 3.06. The Labute approximate surface area is 204 Å². The van der Waals surface area contributed by atoms with Crippen LogP contribution in [-0.2, 0) is 50.2 Å². The van der Waals surface area contributed by atoms with Crippen molar-refractivity contribution in [2.75, 3.05) is 47.4 Å². The molecule has 0 fully saturated rings. The molecular formula is C22H33N2O10P. The highest BCUT2D eigenvalue weighted by molar-refractivity contribution is 7.48. The molecule has 196 valence electrons. The van der Waals surface area contributed by atoms with Crippen LogP contribution in [0, 0.1) is 6.92 Å². The third-order valence-corrected chi connectivity index (χ3v) is 5.88. The van der Waals surface area contributed by atoms with Crippen molar-refractivity contribution in [1.29, 1.82) is 0 Å². The van der Waals surface area contributed by atoms with E-state index in [0.717, 1.165) is 35.0 Å². The summed E-state index contributed by atoms with van der Waals surface area (Å²) in [6.07, 6.45) is 0.673. The van der Waals surface area contributed by atoms with E-state index in [1.54, 1.807) is 18.4 Å². The average molecular weight is 516 g/mol. The molecule has 0 bridgehead atoms. The summed E-state index contributed by atoms with van der Waals surface area (Å²) in [5, 5.41) is 1.04. The molecule has 0 saturated carbocycles. The Morgan fingerprint density at radius 2 is 1.54 bits per heavy atom. The molecule has 0 aliphatic carbocycles. The molecule has 2 aromatic rings. The van der Waals surface area contributed by atoms with Crippen molar-refractivity contribution in [2.45, 2.75) is 33.9 Å². The Hall–Kier alpha value is -2.63. The molecule has 12 nitrogen and oxygen atoms in total. The minimum absolute atomic E-state index is 0.0905. The summed E-state index contributed by atoms with van der Waals surface area (Å²) in [5.74, 6) is 0. The van der Waals surface area contributed by atoms with Gasteiger partial charge in [0.05, 0.1) is 18.7 Å². The molecule has 35 heavy (non-hydrogen) atoms. The van der Waals surface area contributed by atoms with Gasteiger partial charge in [-0.25, -0.2) is 23.2 Å². The number of carbonyl (C=O) groups is 2. The summed E-state index contributed by atoms with van der Waals surface area (Å²) < 4.78 is 49.1. The second-order valence-electron chi connectivity index (χ2n) is 7.55. The van der Waals surface area contributed by atoms with E-state index in [2.05, 4.69) is 29.9 Å². The van der Waals surface area contributed by atoms with E-state index in [4.69, 9.17) is 13.6 Å². The monoisotopic (exact) mass is 516 g/mol.